The van der Waals surface area contributed by atoms with E-state index in [0.29, 0.717) is 0 Å². The molecule has 0 aliphatic rings. The molecule has 0 heterocycles. The molecule has 0 unspecified atom stereocenters. The van der Waals surface area contributed by atoms with Crippen molar-refractivity contribution in [2.45, 2.75) is 0 Å². The van der Waals surface area contributed by atoms with Crippen molar-refractivity contribution in [1.29, 1.82) is 0 Å². The Morgan fingerprint density at radius 1 is 1.57 bits per heavy atom. The van der Waals surface area contributed by atoms with E-state index in [-0.39, 0.29) is 0 Å². The van der Waals surface area contributed by atoms with Gasteiger partial charge in [0.15, 0.2) is 0 Å². The van der Waals surface area contributed by atoms with E-state index in [2.05, 4.69) is 6.92 Å². The first-order chi connectivity index (χ1) is 3.13. The number of carbonyl (C=O) groups excluding carboxylic acids is 1. The zero-order valence-electron chi connectivity index (χ0n) is 3.47. The first kappa shape index (κ1) is 5.94. The quantitative estimate of drug-likeness (QED) is 0.438. The van der Waals surface area contributed by atoms with Gasteiger partial charge in [-0.15, -0.1) is 0 Å². The Hall–Kier alpha value is -1.06. The summed E-state index contributed by atoms with van der Waals surface area (Å²) in [5.41, 5.74) is 0. The van der Waals surface area contributed by atoms with Crippen LogP contribution >= 0.6 is 0 Å². The fraction of sp³-hybridized carbons (Fsp3) is 0. The van der Waals surface area contributed by atoms with Crippen molar-refractivity contribution in [2.24, 2.45) is 0 Å². The number of hydrogen-bond acceptors (Lipinski definition) is 2. The maximum absolute atomic E-state index is 9.65. The fourth-order valence-electron chi connectivity index (χ4n) is 0.119. The van der Waals surface area contributed by atoms with Crippen molar-refractivity contribution >= 4 is 12.0 Å². The number of hydrogen-bond donors (Lipinski definition) is 2. The summed E-state index contributed by atoms with van der Waals surface area (Å²) < 4.78 is 0. The molecule has 0 aromatic carbocycles. The topological polar surface area (TPSA) is 66.4 Å². The molecule has 0 aromatic heterocycles. The summed E-state index contributed by atoms with van der Waals surface area (Å²) in [7, 11) is 0. The van der Waals surface area contributed by atoms with Gasteiger partial charge in [-0.25, -0.2) is 4.79 Å². The Bertz CT molecular complexity index is 86.4. The number of amides is 2. The molecule has 0 fully saturated rings. The van der Waals surface area contributed by atoms with Crippen molar-refractivity contribution in [3.8, 4) is 0 Å². The van der Waals surface area contributed by atoms with E-state index in [1.54, 1.807) is 0 Å². The van der Waals surface area contributed by atoms with E-state index in [0.717, 1.165) is 0 Å². The van der Waals surface area contributed by atoms with E-state index < -0.39 is 12.0 Å². The first-order valence-corrected chi connectivity index (χ1v) is 1.49. The van der Waals surface area contributed by atoms with Gasteiger partial charge in [-0.2, -0.15) is 0 Å². The van der Waals surface area contributed by atoms with Crippen molar-refractivity contribution in [2.75, 3.05) is 0 Å². The Kier molecular flexibility index (Phi) is 1.84. The minimum absolute atomic E-state index is 0.812. The molecule has 0 aliphatic heterocycles. The van der Waals surface area contributed by atoms with E-state index in [9.17, 15) is 9.59 Å². The van der Waals surface area contributed by atoms with Gasteiger partial charge in [-0.1, -0.05) is 0 Å². The third-order valence-corrected chi connectivity index (χ3v) is 0.246. The average Bonchev–Trinajstić information content (AvgIpc) is 1.27. The van der Waals surface area contributed by atoms with Crippen LogP contribution in [0.5, 0.6) is 0 Å². The van der Waals surface area contributed by atoms with E-state index >= 15 is 0 Å². The molecule has 2 amide bonds. The van der Waals surface area contributed by atoms with E-state index in [1.807, 2.05) is 0 Å². The molecule has 0 bridgehead atoms. The van der Waals surface area contributed by atoms with Crippen molar-refractivity contribution in [3.05, 3.63) is 6.92 Å². The minimum atomic E-state index is -1.37. The highest BCUT2D eigenvalue weighted by atomic mass is 16.4. The average molecular weight is 102 g/mol. The minimum Gasteiger partial charge on any atom is -0.465 e. The summed E-state index contributed by atoms with van der Waals surface area (Å²) in [6, 6.07) is 0. The molecular weight excluding hydrogens is 98.0 g/mol. The van der Waals surface area contributed by atoms with E-state index in [1.165, 1.54) is 5.32 Å². The van der Waals surface area contributed by atoms with Gasteiger partial charge in [0.05, 0.1) is 0 Å². The molecule has 39 valence electrons. The molecular formula is C3H4NO3. The maximum atomic E-state index is 9.65. The van der Waals surface area contributed by atoms with Crippen molar-refractivity contribution in [3.63, 3.8) is 0 Å². The predicted molar refractivity (Wildman–Crippen MR) is 21.5 cm³/mol. The van der Waals surface area contributed by atoms with Gasteiger partial charge in [0.2, 0.25) is 5.91 Å². The summed E-state index contributed by atoms with van der Waals surface area (Å²) >= 11 is 0. The Morgan fingerprint density at radius 2 is 2.00 bits per heavy atom. The van der Waals surface area contributed by atoms with Gasteiger partial charge in [0, 0.05) is 6.92 Å². The molecule has 0 saturated carbocycles. The molecule has 0 saturated heterocycles. The second-order valence-electron chi connectivity index (χ2n) is 0.853. The lowest BCUT2D eigenvalue weighted by Gasteiger charge is -1.86. The molecule has 0 aromatic rings. The normalized spacial score (nSPS) is 7.57. The van der Waals surface area contributed by atoms with Crippen LogP contribution in [0.25, 0.3) is 0 Å². The number of carboxylic acid groups (broad SMARTS) is 1. The highest BCUT2D eigenvalue weighted by Gasteiger charge is 1.94. The Balaban J connectivity index is 3.32. The zero-order chi connectivity index (χ0) is 5.86. The largest absolute Gasteiger partial charge is 0.465 e. The van der Waals surface area contributed by atoms with Crippen LogP contribution in [0.1, 0.15) is 0 Å². The molecule has 0 aliphatic carbocycles. The number of nitrogens with one attached hydrogen (secondary N) is 1. The highest BCUT2D eigenvalue weighted by Crippen LogP contribution is 1.58. The molecule has 7 heavy (non-hydrogen) atoms. The van der Waals surface area contributed by atoms with Crippen molar-refractivity contribution < 1.29 is 14.7 Å². The molecule has 0 rings (SSSR count). The third kappa shape index (κ3) is 4.94. The lowest BCUT2D eigenvalue weighted by Crippen LogP contribution is -2.25. The highest BCUT2D eigenvalue weighted by molar-refractivity contribution is 5.93. The lowest BCUT2D eigenvalue weighted by molar-refractivity contribution is -0.116. The van der Waals surface area contributed by atoms with Crippen LogP contribution in [0, 0.1) is 6.92 Å². The Labute approximate surface area is 40.1 Å². The molecule has 1 radical (unpaired) electrons. The van der Waals surface area contributed by atoms with Crippen LogP contribution < -0.4 is 5.32 Å². The SMILES string of the molecule is [CH2]C(=O)NC(=O)O. The first-order valence-electron chi connectivity index (χ1n) is 1.49. The second kappa shape index (κ2) is 2.17. The molecule has 0 atom stereocenters. The number of rotatable bonds is 0. The molecule has 0 spiro atoms. The lowest BCUT2D eigenvalue weighted by atomic mass is 10.7. The van der Waals surface area contributed by atoms with Gasteiger partial charge in [-0.3, -0.25) is 10.1 Å². The zero-order valence-corrected chi connectivity index (χ0v) is 3.47. The van der Waals surface area contributed by atoms with Crippen molar-refractivity contribution in [1.82, 2.24) is 5.32 Å². The van der Waals surface area contributed by atoms with Crippen LogP contribution in [-0.4, -0.2) is 17.1 Å². The standard InChI is InChI=1S/C3H4NO3/c1-2(5)4-3(6)7/h1H2,(H,4,5)(H,6,7). The summed E-state index contributed by atoms with van der Waals surface area (Å²) in [6.45, 7) is 2.75. The monoisotopic (exact) mass is 102 g/mol. The van der Waals surface area contributed by atoms with Crippen LogP contribution in [0.4, 0.5) is 4.79 Å². The smallest absolute Gasteiger partial charge is 0.411 e. The molecule has 2 N–H and O–H groups in total. The summed E-state index contributed by atoms with van der Waals surface area (Å²) in [6.07, 6.45) is -1.37. The van der Waals surface area contributed by atoms with Crippen LogP contribution in [0.3, 0.4) is 0 Å². The molecule has 4 nitrogen and oxygen atoms in total. The predicted octanol–water partition coefficient (Wildman–Crippen LogP) is -0.385. The fourth-order valence-corrected chi connectivity index (χ4v) is 0.119. The van der Waals surface area contributed by atoms with Gasteiger partial charge in [0.1, 0.15) is 0 Å². The maximum Gasteiger partial charge on any atom is 0.411 e. The number of carbonyl (C=O) groups is 2. The third-order valence-electron chi connectivity index (χ3n) is 0.246. The van der Waals surface area contributed by atoms with Gasteiger partial charge in [0.25, 0.3) is 0 Å². The van der Waals surface area contributed by atoms with E-state index in [4.69, 9.17) is 5.11 Å². The summed E-state index contributed by atoms with van der Waals surface area (Å²) in [4.78, 5) is 19.1. The second-order valence-corrected chi connectivity index (χ2v) is 0.853. The summed E-state index contributed by atoms with van der Waals surface area (Å²) in [5, 5.41) is 9.18. The molecule has 4 heteroatoms. The van der Waals surface area contributed by atoms with Crippen LogP contribution in [0.15, 0.2) is 0 Å². The number of imide groups is 1. The van der Waals surface area contributed by atoms with Gasteiger partial charge < -0.3 is 5.11 Å². The van der Waals surface area contributed by atoms with Gasteiger partial charge in [-0.05, 0) is 0 Å². The Morgan fingerprint density at radius 3 is 2.00 bits per heavy atom. The van der Waals surface area contributed by atoms with Crippen LogP contribution in [-0.2, 0) is 4.79 Å². The van der Waals surface area contributed by atoms with Gasteiger partial charge >= 0.3 is 6.09 Å². The summed E-state index contributed by atoms with van der Waals surface area (Å²) in [5.74, 6) is -0.812. The van der Waals surface area contributed by atoms with Crippen LogP contribution in [0.2, 0.25) is 0 Å².